The Hall–Kier alpha value is -1.47. The summed E-state index contributed by atoms with van der Waals surface area (Å²) in [6.45, 7) is 2.79. The number of Topliss-reactive ketones (excluding diaryl/α,β-unsaturated/α-hetero) is 1. The van der Waals surface area contributed by atoms with Crippen molar-refractivity contribution in [2.75, 3.05) is 26.7 Å². The average molecular weight is 259 g/mol. The van der Waals surface area contributed by atoms with Crippen LogP contribution in [0, 0.1) is 5.92 Å². The summed E-state index contributed by atoms with van der Waals surface area (Å²) in [4.78, 5) is 35.4. The molecule has 1 atom stereocenters. The van der Waals surface area contributed by atoms with Crippen LogP contribution >= 0.6 is 0 Å². The number of likely N-dealkylation sites (N-methyl/N-ethyl adjacent to an activating group) is 1. The van der Waals surface area contributed by atoms with E-state index in [2.05, 4.69) is 5.32 Å². The van der Waals surface area contributed by atoms with E-state index in [0.29, 0.717) is 0 Å². The van der Waals surface area contributed by atoms with Crippen molar-refractivity contribution in [1.29, 1.82) is 0 Å². The van der Waals surface area contributed by atoms with Crippen LogP contribution in [0.1, 0.15) is 13.8 Å². The zero-order valence-electron chi connectivity index (χ0n) is 11.0. The van der Waals surface area contributed by atoms with E-state index < -0.39 is 18.6 Å². The lowest BCUT2D eigenvalue weighted by molar-refractivity contribution is -0.135. The highest BCUT2D eigenvalue weighted by atomic mass is 16.3. The van der Waals surface area contributed by atoms with Crippen LogP contribution in [0.25, 0.3) is 0 Å². The van der Waals surface area contributed by atoms with Crippen LogP contribution in [0.15, 0.2) is 0 Å². The Morgan fingerprint density at radius 1 is 1.33 bits per heavy atom. The summed E-state index contributed by atoms with van der Waals surface area (Å²) in [5.41, 5.74) is 5.26. The van der Waals surface area contributed by atoms with Crippen molar-refractivity contribution in [3.63, 3.8) is 0 Å². The van der Waals surface area contributed by atoms with Crippen molar-refractivity contribution in [1.82, 2.24) is 10.2 Å². The molecule has 7 heteroatoms. The minimum atomic E-state index is -1.04. The zero-order chi connectivity index (χ0) is 14.3. The van der Waals surface area contributed by atoms with Crippen LogP contribution in [-0.4, -0.2) is 60.4 Å². The number of carbonyl (C=O) groups excluding carboxylic acids is 3. The number of ketones is 1. The van der Waals surface area contributed by atoms with Crippen LogP contribution < -0.4 is 11.1 Å². The van der Waals surface area contributed by atoms with E-state index in [-0.39, 0.29) is 30.7 Å². The standard InChI is InChI=1S/C11H21N3O4/c1-7(2)9(16)5-14(3)10(17)4-13-11(18)8(12)6-15/h7-8,15H,4-6,12H2,1-3H3,(H,13,18)/t8-/m1/s1. The zero-order valence-corrected chi connectivity index (χ0v) is 11.0. The monoisotopic (exact) mass is 259 g/mol. The number of amides is 2. The lowest BCUT2D eigenvalue weighted by Gasteiger charge is -2.18. The third-order valence-corrected chi connectivity index (χ3v) is 2.41. The van der Waals surface area contributed by atoms with Gasteiger partial charge in [0.25, 0.3) is 0 Å². The van der Waals surface area contributed by atoms with Gasteiger partial charge in [-0.1, -0.05) is 13.8 Å². The molecular formula is C11H21N3O4. The summed E-state index contributed by atoms with van der Waals surface area (Å²) in [7, 11) is 1.49. The number of nitrogens with one attached hydrogen (secondary N) is 1. The van der Waals surface area contributed by atoms with Gasteiger partial charge in [-0.05, 0) is 0 Å². The number of carbonyl (C=O) groups is 3. The molecule has 0 aliphatic heterocycles. The molecule has 0 aromatic carbocycles. The summed E-state index contributed by atoms with van der Waals surface area (Å²) in [6, 6.07) is -1.04. The van der Waals surface area contributed by atoms with Gasteiger partial charge in [0.15, 0.2) is 5.78 Å². The number of nitrogens with zero attached hydrogens (tertiary/aromatic N) is 1. The predicted octanol–water partition coefficient (Wildman–Crippen LogP) is -1.89. The Morgan fingerprint density at radius 2 is 1.89 bits per heavy atom. The van der Waals surface area contributed by atoms with Gasteiger partial charge >= 0.3 is 0 Å². The first kappa shape index (κ1) is 16.5. The SMILES string of the molecule is CC(C)C(=O)CN(C)C(=O)CNC(=O)[C@H](N)CO. The number of aliphatic hydroxyl groups is 1. The molecule has 0 spiro atoms. The second-order valence-corrected chi connectivity index (χ2v) is 4.38. The van der Waals surface area contributed by atoms with E-state index in [1.54, 1.807) is 13.8 Å². The van der Waals surface area contributed by atoms with Gasteiger partial charge in [-0.2, -0.15) is 0 Å². The van der Waals surface area contributed by atoms with Crippen LogP contribution in [0.3, 0.4) is 0 Å². The van der Waals surface area contributed by atoms with Gasteiger partial charge in [-0.3, -0.25) is 14.4 Å². The minimum absolute atomic E-state index is 0.0123. The van der Waals surface area contributed by atoms with E-state index >= 15 is 0 Å². The van der Waals surface area contributed by atoms with E-state index in [4.69, 9.17) is 10.8 Å². The van der Waals surface area contributed by atoms with E-state index in [1.165, 1.54) is 11.9 Å². The van der Waals surface area contributed by atoms with Gasteiger partial charge in [0.1, 0.15) is 6.04 Å². The number of nitrogens with two attached hydrogens (primary N) is 1. The highest BCUT2D eigenvalue weighted by Crippen LogP contribution is 1.96. The fourth-order valence-electron chi connectivity index (χ4n) is 1.02. The normalized spacial score (nSPS) is 12.1. The molecule has 0 radical (unpaired) electrons. The van der Waals surface area contributed by atoms with Crippen molar-refractivity contribution in [3.8, 4) is 0 Å². The van der Waals surface area contributed by atoms with E-state index in [0.717, 1.165) is 0 Å². The largest absolute Gasteiger partial charge is 0.394 e. The minimum Gasteiger partial charge on any atom is -0.394 e. The van der Waals surface area contributed by atoms with Gasteiger partial charge in [-0.15, -0.1) is 0 Å². The molecule has 0 rings (SSSR count). The summed E-state index contributed by atoms with van der Waals surface area (Å²) in [6.07, 6.45) is 0. The smallest absolute Gasteiger partial charge is 0.242 e. The maximum atomic E-state index is 11.6. The van der Waals surface area contributed by atoms with Crippen molar-refractivity contribution < 1.29 is 19.5 Å². The lowest BCUT2D eigenvalue weighted by atomic mass is 10.1. The van der Waals surface area contributed by atoms with Crippen LogP contribution in [0.2, 0.25) is 0 Å². The van der Waals surface area contributed by atoms with Crippen LogP contribution in [-0.2, 0) is 14.4 Å². The highest BCUT2D eigenvalue weighted by molar-refractivity contribution is 5.90. The number of rotatable bonds is 7. The number of aliphatic hydroxyl groups excluding tert-OH is 1. The first-order valence-electron chi connectivity index (χ1n) is 5.70. The summed E-state index contributed by atoms with van der Waals surface area (Å²) in [5.74, 6) is -1.18. The topological polar surface area (TPSA) is 113 Å². The number of hydrogen-bond acceptors (Lipinski definition) is 5. The van der Waals surface area contributed by atoms with E-state index in [1.807, 2.05) is 0 Å². The molecule has 0 heterocycles. The molecule has 4 N–H and O–H groups in total. The molecule has 0 saturated carbocycles. The number of hydrogen-bond donors (Lipinski definition) is 3. The van der Waals surface area contributed by atoms with Crippen LogP contribution in [0.5, 0.6) is 0 Å². The van der Waals surface area contributed by atoms with Gasteiger partial charge in [0.2, 0.25) is 11.8 Å². The third-order valence-electron chi connectivity index (χ3n) is 2.41. The molecular weight excluding hydrogens is 238 g/mol. The molecule has 0 aliphatic carbocycles. The Kier molecular flexibility index (Phi) is 7.14. The summed E-state index contributed by atoms with van der Waals surface area (Å²) < 4.78 is 0. The maximum Gasteiger partial charge on any atom is 0.242 e. The first-order chi connectivity index (χ1) is 8.29. The van der Waals surface area contributed by atoms with Crippen molar-refractivity contribution >= 4 is 17.6 Å². The van der Waals surface area contributed by atoms with Crippen molar-refractivity contribution in [3.05, 3.63) is 0 Å². The Labute approximate surface area is 106 Å². The van der Waals surface area contributed by atoms with Gasteiger partial charge in [-0.25, -0.2) is 0 Å². The molecule has 18 heavy (non-hydrogen) atoms. The third kappa shape index (κ3) is 5.74. The Balaban J connectivity index is 4.10. The van der Waals surface area contributed by atoms with E-state index in [9.17, 15) is 14.4 Å². The van der Waals surface area contributed by atoms with Gasteiger partial charge < -0.3 is 21.1 Å². The Morgan fingerprint density at radius 3 is 2.33 bits per heavy atom. The molecule has 0 fully saturated rings. The quantitative estimate of drug-likeness (QED) is 0.494. The molecule has 0 aliphatic rings. The molecule has 104 valence electrons. The first-order valence-corrected chi connectivity index (χ1v) is 5.70. The molecule has 0 bridgehead atoms. The maximum absolute atomic E-state index is 11.6. The fourth-order valence-corrected chi connectivity index (χ4v) is 1.02. The van der Waals surface area contributed by atoms with Crippen molar-refractivity contribution in [2.24, 2.45) is 11.7 Å². The van der Waals surface area contributed by atoms with Crippen LogP contribution in [0.4, 0.5) is 0 Å². The second kappa shape index (κ2) is 7.78. The summed E-state index contributed by atoms with van der Waals surface area (Å²) >= 11 is 0. The molecule has 0 aromatic heterocycles. The highest BCUT2D eigenvalue weighted by Gasteiger charge is 2.17. The molecule has 0 unspecified atom stereocenters. The summed E-state index contributed by atoms with van der Waals surface area (Å²) in [5, 5.41) is 10.9. The fraction of sp³-hybridized carbons (Fsp3) is 0.727. The van der Waals surface area contributed by atoms with Crippen molar-refractivity contribution in [2.45, 2.75) is 19.9 Å². The van der Waals surface area contributed by atoms with Gasteiger partial charge in [0.05, 0.1) is 19.7 Å². The molecule has 2 amide bonds. The lowest BCUT2D eigenvalue weighted by Crippen LogP contribution is -2.47. The van der Waals surface area contributed by atoms with Gasteiger partial charge in [0, 0.05) is 13.0 Å². The second-order valence-electron chi connectivity index (χ2n) is 4.38. The molecule has 0 aromatic rings. The molecule has 0 saturated heterocycles. The Bertz CT molecular complexity index is 317. The average Bonchev–Trinajstić information content (AvgIpc) is 2.33. The predicted molar refractivity (Wildman–Crippen MR) is 65.6 cm³/mol. The molecule has 7 nitrogen and oxygen atoms in total.